The molecule has 1 amide bonds. The first kappa shape index (κ1) is 21.3. The van der Waals surface area contributed by atoms with Crippen LogP contribution in [0, 0.1) is 6.92 Å². The van der Waals surface area contributed by atoms with Crippen LogP contribution >= 0.6 is 0 Å². The van der Waals surface area contributed by atoms with Gasteiger partial charge in [-0.2, -0.15) is 9.40 Å². The maximum atomic E-state index is 13.0. The molecule has 0 bridgehead atoms. The highest BCUT2D eigenvalue weighted by Crippen LogP contribution is 2.23. The van der Waals surface area contributed by atoms with E-state index in [1.54, 1.807) is 36.0 Å². The third-order valence-electron chi connectivity index (χ3n) is 5.54. The SMILES string of the molecule is Cc1ccc(S(=O)(=O)N2CCCCC2)cc1C(=O)Nc1ccnn1Cc1ccccc1. The summed E-state index contributed by atoms with van der Waals surface area (Å²) >= 11 is 0. The second kappa shape index (κ2) is 9.03. The van der Waals surface area contributed by atoms with Gasteiger partial charge >= 0.3 is 0 Å². The molecule has 3 aromatic rings. The largest absolute Gasteiger partial charge is 0.307 e. The number of hydrogen-bond donors (Lipinski definition) is 1. The summed E-state index contributed by atoms with van der Waals surface area (Å²) in [7, 11) is -3.61. The maximum absolute atomic E-state index is 13.0. The second-order valence-electron chi connectivity index (χ2n) is 7.76. The Bertz CT molecular complexity index is 1170. The Hall–Kier alpha value is -2.97. The molecule has 1 N–H and O–H groups in total. The first-order valence-electron chi connectivity index (χ1n) is 10.4. The number of aryl methyl sites for hydroxylation is 1. The number of aromatic nitrogens is 2. The highest BCUT2D eigenvalue weighted by molar-refractivity contribution is 7.89. The van der Waals surface area contributed by atoms with Crippen molar-refractivity contribution < 1.29 is 13.2 Å². The van der Waals surface area contributed by atoms with Crippen LogP contribution < -0.4 is 5.32 Å². The Labute approximate surface area is 182 Å². The summed E-state index contributed by atoms with van der Waals surface area (Å²) in [6, 6.07) is 16.3. The molecule has 31 heavy (non-hydrogen) atoms. The summed E-state index contributed by atoms with van der Waals surface area (Å²) in [4.78, 5) is 13.2. The standard InChI is InChI=1S/C23H26N4O3S/c1-18-10-11-20(31(29,30)26-14-6-3-7-15-26)16-21(18)23(28)25-22-12-13-24-27(22)17-19-8-4-2-5-9-19/h2,4-5,8-13,16H,3,6-7,14-15,17H2,1H3,(H,25,28). The van der Waals surface area contributed by atoms with Crippen molar-refractivity contribution in [2.75, 3.05) is 18.4 Å². The summed E-state index contributed by atoms with van der Waals surface area (Å²) in [6.45, 7) is 3.37. The predicted octanol–water partition coefficient (Wildman–Crippen LogP) is 3.67. The normalized spacial score (nSPS) is 15.0. The van der Waals surface area contributed by atoms with Gasteiger partial charge in [-0.25, -0.2) is 13.1 Å². The number of nitrogens with one attached hydrogen (secondary N) is 1. The smallest absolute Gasteiger partial charge is 0.257 e. The van der Waals surface area contributed by atoms with Crippen LogP contribution in [-0.4, -0.2) is 41.5 Å². The van der Waals surface area contributed by atoms with Crippen LogP contribution in [0.1, 0.15) is 40.7 Å². The van der Waals surface area contributed by atoms with Gasteiger partial charge in [0.05, 0.1) is 17.6 Å². The lowest BCUT2D eigenvalue weighted by Gasteiger charge is -2.26. The molecule has 0 saturated carbocycles. The van der Waals surface area contributed by atoms with Crippen molar-refractivity contribution >= 4 is 21.7 Å². The summed E-state index contributed by atoms with van der Waals surface area (Å²) in [5.74, 6) is 0.195. The average molecular weight is 439 g/mol. The molecule has 1 aromatic heterocycles. The van der Waals surface area contributed by atoms with E-state index in [9.17, 15) is 13.2 Å². The van der Waals surface area contributed by atoms with Crippen molar-refractivity contribution in [1.29, 1.82) is 0 Å². The molecule has 1 saturated heterocycles. The van der Waals surface area contributed by atoms with Gasteiger partial charge in [0.2, 0.25) is 10.0 Å². The van der Waals surface area contributed by atoms with Crippen molar-refractivity contribution in [3.05, 3.63) is 77.5 Å². The van der Waals surface area contributed by atoms with E-state index in [0.717, 1.165) is 24.8 Å². The van der Waals surface area contributed by atoms with E-state index in [1.807, 2.05) is 30.3 Å². The third kappa shape index (κ3) is 4.70. The average Bonchev–Trinajstić information content (AvgIpc) is 3.21. The van der Waals surface area contributed by atoms with E-state index < -0.39 is 10.0 Å². The fourth-order valence-corrected chi connectivity index (χ4v) is 5.31. The van der Waals surface area contributed by atoms with Gasteiger partial charge in [0.15, 0.2) is 0 Å². The lowest BCUT2D eigenvalue weighted by molar-refractivity contribution is 0.102. The lowest BCUT2D eigenvalue weighted by Crippen LogP contribution is -2.35. The van der Waals surface area contributed by atoms with Gasteiger partial charge in [-0.05, 0) is 43.0 Å². The molecule has 0 unspecified atom stereocenters. The second-order valence-corrected chi connectivity index (χ2v) is 9.69. The Kier molecular flexibility index (Phi) is 6.20. The van der Waals surface area contributed by atoms with E-state index in [-0.39, 0.29) is 10.8 Å². The molecule has 0 atom stereocenters. The van der Waals surface area contributed by atoms with Gasteiger partial charge in [-0.1, -0.05) is 42.8 Å². The van der Waals surface area contributed by atoms with E-state index in [2.05, 4.69) is 10.4 Å². The van der Waals surface area contributed by atoms with E-state index >= 15 is 0 Å². The molecule has 1 aliphatic rings. The molecular weight excluding hydrogens is 412 g/mol. The van der Waals surface area contributed by atoms with Gasteiger partial charge in [0.1, 0.15) is 5.82 Å². The summed E-state index contributed by atoms with van der Waals surface area (Å²) in [5.41, 5.74) is 2.11. The number of sulfonamides is 1. The lowest BCUT2D eigenvalue weighted by atomic mass is 10.1. The summed E-state index contributed by atoms with van der Waals surface area (Å²) < 4.78 is 29.3. The zero-order chi connectivity index (χ0) is 21.8. The molecule has 0 spiro atoms. The van der Waals surface area contributed by atoms with Crippen molar-refractivity contribution in [1.82, 2.24) is 14.1 Å². The molecule has 0 radical (unpaired) electrons. The third-order valence-corrected chi connectivity index (χ3v) is 7.43. The van der Waals surface area contributed by atoms with Gasteiger partial charge in [0, 0.05) is 24.7 Å². The molecule has 2 aromatic carbocycles. The van der Waals surface area contributed by atoms with Crippen LogP contribution in [-0.2, 0) is 16.6 Å². The minimum absolute atomic E-state index is 0.156. The van der Waals surface area contributed by atoms with Crippen molar-refractivity contribution in [2.24, 2.45) is 0 Å². The Morgan fingerprint density at radius 1 is 1.03 bits per heavy atom. The van der Waals surface area contributed by atoms with Gasteiger partial charge in [-0.3, -0.25) is 4.79 Å². The zero-order valence-corrected chi connectivity index (χ0v) is 18.3. The topological polar surface area (TPSA) is 84.3 Å². The molecule has 7 nitrogen and oxygen atoms in total. The van der Waals surface area contributed by atoms with Crippen LogP contribution in [0.5, 0.6) is 0 Å². The Morgan fingerprint density at radius 2 is 1.77 bits per heavy atom. The van der Waals surface area contributed by atoms with E-state index in [1.165, 1.54) is 10.4 Å². The molecule has 1 fully saturated rings. The van der Waals surface area contributed by atoms with Crippen molar-refractivity contribution in [3.63, 3.8) is 0 Å². The maximum Gasteiger partial charge on any atom is 0.257 e. The Morgan fingerprint density at radius 3 is 2.52 bits per heavy atom. The van der Waals surface area contributed by atoms with Crippen LogP contribution in [0.15, 0.2) is 65.7 Å². The molecule has 162 valence electrons. The van der Waals surface area contributed by atoms with Gasteiger partial charge in [-0.15, -0.1) is 0 Å². The molecule has 1 aliphatic heterocycles. The number of anilines is 1. The first-order valence-corrected chi connectivity index (χ1v) is 11.9. The van der Waals surface area contributed by atoms with Crippen molar-refractivity contribution in [2.45, 2.75) is 37.6 Å². The number of piperidine rings is 1. The number of carbonyl (C=O) groups is 1. The highest BCUT2D eigenvalue weighted by Gasteiger charge is 2.27. The van der Waals surface area contributed by atoms with Crippen LogP contribution in [0.2, 0.25) is 0 Å². The molecule has 8 heteroatoms. The molecule has 4 rings (SSSR count). The number of hydrogen-bond acceptors (Lipinski definition) is 4. The number of rotatable bonds is 6. The number of amides is 1. The summed E-state index contributed by atoms with van der Waals surface area (Å²) in [5, 5.41) is 7.18. The predicted molar refractivity (Wildman–Crippen MR) is 120 cm³/mol. The van der Waals surface area contributed by atoms with Crippen LogP contribution in [0.3, 0.4) is 0 Å². The zero-order valence-electron chi connectivity index (χ0n) is 17.5. The Balaban J connectivity index is 1.56. The minimum Gasteiger partial charge on any atom is -0.307 e. The van der Waals surface area contributed by atoms with Crippen LogP contribution in [0.25, 0.3) is 0 Å². The number of benzene rings is 2. The fourth-order valence-electron chi connectivity index (χ4n) is 3.77. The number of nitrogens with zero attached hydrogens (tertiary/aromatic N) is 3. The number of carbonyl (C=O) groups excluding carboxylic acids is 1. The summed E-state index contributed by atoms with van der Waals surface area (Å²) in [6.07, 6.45) is 4.40. The minimum atomic E-state index is -3.61. The molecular formula is C23H26N4O3S. The molecule has 2 heterocycles. The monoisotopic (exact) mass is 438 g/mol. The fraction of sp³-hybridized carbons (Fsp3) is 0.304. The van der Waals surface area contributed by atoms with E-state index in [0.29, 0.717) is 36.6 Å². The first-order chi connectivity index (χ1) is 14.9. The quantitative estimate of drug-likeness (QED) is 0.636. The van der Waals surface area contributed by atoms with Crippen molar-refractivity contribution in [3.8, 4) is 0 Å². The highest BCUT2D eigenvalue weighted by atomic mass is 32.2. The van der Waals surface area contributed by atoms with Crippen LogP contribution in [0.4, 0.5) is 5.82 Å². The van der Waals surface area contributed by atoms with E-state index in [4.69, 9.17) is 0 Å². The van der Waals surface area contributed by atoms with Gasteiger partial charge < -0.3 is 5.32 Å². The van der Waals surface area contributed by atoms with Gasteiger partial charge in [0.25, 0.3) is 5.91 Å². The molecule has 0 aliphatic carbocycles.